The molecular weight excluding hydrogens is 298 g/mol. The van der Waals surface area contributed by atoms with Gasteiger partial charge in [-0.1, -0.05) is 30.0 Å². The van der Waals surface area contributed by atoms with Crippen molar-refractivity contribution in [3.8, 4) is 6.07 Å². The minimum atomic E-state index is -0.144. The summed E-state index contributed by atoms with van der Waals surface area (Å²) in [5.74, 6) is 0.700. The van der Waals surface area contributed by atoms with Crippen molar-refractivity contribution in [3.63, 3.8) is 0 Å². The molecule has 0 radical (unpaired) electrons. The molecule has 0 aliphatic carbocycles. The smallest absolute Gasteiger partial charge is 0.248 e. The molecule has 0 spiro atoms. The Hall–Kier alpha value is -2.85. The number of benzene rings is 1. The van der Waals surface area contributed by atoms with Gasteiger partial charge in [0, 0.05) is 22.7 Å². The SMILES string of the molecule is N#Cc1cnc(SCc2cc(=O)[nH]c3ccccc23)nc1N. The van der Waals surface area contributed by atoms with Gasteiger partial charge in [-0.3, -0.25) is 4.79 Å². The third kappa shape index (κ3) is 2.77. The lowest BCUT2D eigenvalue weighted by Gasteiger charge is -2.06. The molecule has 3 N–H and O–H groups in total. The van der Waals surface area contributed by atoms with Crippen molar-refractivity contribution in [1.82, 2.24) is 15.0 Å². The van der Waals surface area contributed by atoms with Gasteiger partial charge in [0.2, 0.25) is 5.56 Å². The number of hydrogen-bond acceptors (Lipinski definition) is 6. The van der Waals surface area contributed by atoms with Crippen LogP contribution in [0.2, 0.25) is 0 Å². The molecule has 0 aliphatic rings. The molecule has 0 fully saturated rings. The molecule has 0 unspecified atom stereocenters. The first kappa shape index (κ1) is 14.1. The predicted octanol–water partition coefficient (Wildman–Crippen LogP) is 2.06. The van der Waals surface area contributed by atoms with Crippen LogP contribution >= 0.6 is 11.8 Å². The Morgan fingerprint density at radius 3 is 2.95 bits per heavy atom. The largest absolute Gasteiger partial charge is 0.382 e. The summed E-state index contributed by atoms with van der Waals surface area (Å²) in [5.41, 5.74) is 7.48. The third-order valence-electron chi connectivity index (χ3n) is 3.11. The highest BCUT2D eigenvalue weighted by Crippen LogP contribution is 2.24. The summed E-state index contributed by atoms with van der Waals surface area (Å²) >= 11 is 1.37. The van der Waals surface area contributed by atoms with Gasteiger partial charge in [0.1, 0.15) is 17.5 Å². The highest BCUT2D eigenvalue weighted by Gasteiger charge is 2.07. The van der Waals surface area contributed by atoms with E-state index in [-0.39, 0.29) is 16.9 Å². The summed E-state index contributed by atoms with van der Waals surface area (Å²) in [7, 11) is 0. The van der Waals surface area contributed by atoms with E-state index in [1.165, 1.54) is 18.0 Å². The van der Waals surface area contributed by atoms with Crippen molar-refractivity contribution >= 4 is 28.5 Å². The van der Waals surface area contributed by atoms with Gasteiger partial charge in [0.15, 0.2) is 5.16 Å². The summed E-state index contributed by atoms with van der Waals surface area (Å²) < 4.78 is 0. The van der Waals surface area contributed by atoms with Gasteiger partial charge in [-0.2, -0.15) is 5.26 Å². The first-order valence-corrected chi connectivity index (χ1v) is 7.42. The molecule has 0 aliphatic heterocycles. The Labute approximate surface area is 130 Å². The molecule has 22 heavy (non-hydrogen) atoms. The van der Waals surface area contributed by atoms with Gasteiger partial charge in [-0.25, -0.2) is 9.97 Å². The summed E-state index contributed by atoms with van der Waals surface area (Å²) in [4.78, 5) is 22.7. The van der Waals surface area contributed by atoms with Gasteiger partial charge in [0.05, 0.1) is 6.20 Å². The van der Waals surface area contributed by atoms with E-state index in [0.29, 0.717) is 10.9 Å². The molecule has 0 saturated carbocycles. The van der Waals surface area contributed by atoms with Crippen molar-refractivity contribution in [2.45, 2.75) is 10.9 Å². The van der Waals surface area contributed by atoms with Crippen molar-refractivity contribution in [2.75, 3.05) is 5.73 Å². The number of nitriles is 1. The Morgan fingerprint density at radius 1 is 1.36 bits per heavy atom. The maximum Gasteiger partial charge on any atom is 0.248 e. The number of rotatable bonds is 3. The number of nitrogens with zero attached hydrogens (tertiary/aromatic N) is 3. The van der Waals surface area contributed by atoms with Gasteiger partial charge in [-0.15, -0.1) is 0 Å². The molecule has 6 nitrogen and oxygen atoms in total. The van der Waals surface area contributed by atoms with Crippen LogP contribution in [0.3, 0.4) is 0 Å². The number of anilines is 1. The number of para-hydroxylation sites is 1. The number of fused-ring (bicyclic) bond motifs is 1. The second-order valence-corrected chi connectivity index (χ2v) is 5.50. The fraction of sp³-hybridized carbons (Fsp3) is 0.0667. The van der Waals surface area contributed by atoms with E-state index in [1.807, 2.05) is 30.3 Å². The van der Waals surface area contributed by atoms with Gasteiger partial charge >= 0.3 is 0 Å². The number of aromatic amines is 1. The monoisotopic (exact) mass is 309 g/mol. The summed E-state index contributed by atoms with van der Waals surface area (Å²) in [6.07, 6.45) is 1.40. The quantitative estimate of drug-likeness (QED) is 0.566. The van der Waals surface area contributed by atoms with Crippen molar-refractivity contribution < 1.29 is 0 Å². The first-order chi connectivity index (χ1) is 10.7. The standard InChI is InChI=1S/C15H11N5OS/c16-6-10-7-18-15(20-14(10)17)22-8-9-5-13(21)19-12-4-2-1-3-11(9)12/h1-5,7H,8H2,(H,19,21)(H2,17,18,20). The molecule has 0 bridgehead atoms. The number of pyridine rings is 1. The number of thioether (sulfide) groups is 1. The van der Waals surface area contributed by atoms with Crippen LogP contribution in [0, 0.1) is 11.3 Å². The van der Waals surface area contributed by atoms with E-state index in [2.05, 4.69) is 15.0 Å². The highest BCUT2D eigenvalue weighted by atomic mass is 32.2. The maximum absolute atomic E-state index is 11.7. The number of hydrogen-bond donors (Lipinski definition) is 2. The number of H-pyrrole nitrogens is 1. The fourth-order valence-electron chi connectivity index (χ4n) is 2.07. The molecule has 3 aromatic rings. The van der Waals surface area contributed by atoms with Gasteiger partial charge in [-0.05, 0) is 11.6 Å². The number of aromatic nitrogens is 3. The Bertz CT molecular complexity index is 945. The molecule has 2 aromatic heterocycles. The van der Waals surface area contributed by atoms with E-state index in [1.54, 1.807) is 6.07 Å². The Kier molecular flexibility index (Phi) is 3.76. The van der Waals surface area contributed by atoms with Crippen molar-refractivity contribution in [1.29, 1.82) is 5.26 Å². The van der Waals surface area contributed by atoms with E-state index in [4.69, 9.17) is 11.0 Å². The molecule has 1 aromatic carbocycles. The van der Waals surface area contributed by atoms with E-state index in [9.17, 15) is 4.79 Å². The summed E-state index contributed by atoms with van der Waals surface area (Å²) in [6.45, 7) is 0. The highest BCUT2D eigenvalue weighted by molar-refractivity contribution is 7.98. The average molecular weight is 309 g/mol. The molecular formula is C15H11N5OS. The second-order valence-electron chi connectivity index (χ2n) is 4.56. The zero-order chi connectivity index (χ0) is 15.5. The first-order valence-electron chi connectivity index (χ1n) is 6.44. The topological polar surface area (TPSA) is 108 Å². The Balaban J connectivity index is 1.90. The maximum atomic E-state index is 11.7. The van der Waals surface area contributed by atoms with Crippen molar-refractivity contribution in [3.05, 3.63) is 58.0 Å². The summed E-state index contributed by atoms with van der Waals surface area (Å²) in [5, 5.41) is 10.3. The van der Waals surface area contributed by atoms with Crippen LogP contribution < -0.4 is 11.3 Å². The second kappa shape index (κ2) is 5.87. The van der Waals surface area contributed by atoms with Gasteiger partial charge in [0.25, 0.3) is 0 Å². The van der Waals surface area contributed by atoms with Crippen LogP contribution in [0.25, 0.3) is 10.9 Å². The van der Waals surface area contributed by atoms with Crippen LogP contribution in [0.15, 0.2) is 46.5 Å². The van der Waals surface area contributed by atoms with Crippen LogP contribution in [0.5, 0.6) is 0 Å². The summed E-state index contributed by atoms with van der Waals surface area (Å²) in [6, 6.07) is 11.1. The zero-order valence-electron chi connectivity index (χ0n) is 11.4. The van der Waals surface area contributed by atoms with Crippen LogP contribution in [-0.2, 0) is 5.75 Å². The molecule has 0 amide bonds. The fourth-order valence-corrected chi connectivity index (χ4v) is 2.89. The minimum absolute atomic E-state index is 0.144. The molecule has 108 valence electrons. The minimum Gasteiger partial charge on any atom is -0.382 e. The molecule has 3 rings (SSSR count). The lowest BCUT2D eigenvalue weighted by atomic mass is 10.1. The molecule has 0 saturated heterocycles. The van der Waals surface area contributed by atoms with E-state index >= 15 is 0 Å². The Morgan fingerprint density at radius 2 is 2.18 bits per heavy atom. The molecule has 2 heterocycles. The third-order valence-corrected chi connectivity index (χ3v) is 4.02. The predicted molar refractivity (Wildman–Crippen MR) is 85.3 cm³/mol. The van der Waals surface area contributed by atoms with Crippen LogP contribution in [0.4, 0.5) is 5.82 Å². The molecule has 0 atom stereocenters. The zero-order valence-corrected chi connectivity index (χ0v) is 12.2. The lowest BCUT2D eigenvalue weighted by molar-refractivity contribution is 0.969. The van der Waals surface area contributed by atoms with Gasteiger partial charge < -0.3 is 10.7 Å². The normalized spacial score (nSPS) is 10.5. The van der Waals surface area contributed by atoms with Crippen LogP contribution in [0.1, 0.15) is 11.1 Å². The number of nitrogens with one attached hydrogen (secondary N) is 1. The lowest BCUT2D eigenvalue weighted by Crippen LogP contribution is -2.06. The number of nitrogens with two attached hydrogens (primary N) is 1. The van der Waals surface area contributed by atoms with E-state index in [0.717, 1.165) is 16.5 Å². The number of nitrogen functional groups attached to an aromatic ring is 1. The van der Waals surface area contributed by atoms with Crippen molar-refractivity contribution in [2.24, 2.45) is 0 Å². The van der Waals surface area contributed by atoms with E-state index < -0.39 is 0 Å². The molecule has 7 heteroatoms. The average Bonchev–Trinajstić information content (AvgIpc) is 2.52. The van der Waals surface area contributed by atoms with Crippen LogP contribution in [-0.4, -0.2) is 15.0 Å².